The Hall–Kier alpha value is -2.32. The molecule has 6 nitrogen and oxygen atoms in total. The normalized spacial score (nSPS) is 17.5. The molecule has 10 heteroatoms. The summed E-state index contributed by atoms with van der Waals surface area (Å²) in [6, 6.07) is 12.6. The van der Waals surface area contributed by atoms with Crippen LogP contribution < -0.4 is 10.2 Å². The molecule has 0 radical (unpaired) electrons. The van der Waals surface area contributed by atoms with Gasteiger partial charge in [0, 0.05) is 44.5 Å². The van der Waals surface area contributed by atoms with Gasteiger partial charge in [-0.1, -0.05) is 23.2 Å². The Bertz CT molecular complexity index is 1190. The number of anilines is 2. The second-order valence-corrected chi connectivity index (χ2v) is 11.1. The number of aromatic nitrogens is 1. The molecule has 1 saturated carbocycles. The van der Waals surface area contributed by atoms with E-state index in [1.807, 2.05) is 24.3 Å². The molecule has 1 aliphatic carbocycles. The summed E-state index contributed by atoms with van der Waals surface area (Å²) in [6.07, 6.45) is 3.94. The van der Waals surface area contributed by atoms with Crippen molar-refractivity contribution in [3.63, 3.8) is 0 Å². The predicted octanol–water partition coefficient (Wildman–Crippen LogP) is 7.26. The van der Waals surface area contributed by atoms with Gasteiger partial charge in [-0.3, -0.25) is 9.59 Å². The van der Waals surface area contributed by atoms with E-state index >= 15 is 0 Å². The first kappa shape index (κ1) is 26.7. The first-order valence-corrected chi connectivity index (χ1v) is 13.8. The Kier molecular flexibility index (Phi) is 9.12. The van der Waals surface area contributed by atoms with E-state index in [1.165, 1.54) is 0 Å². The molecule has 4 rings (SSSR count). The molecule has 1 aromatic heterocycles. The molecule has 3 aromatic rings. The molecule has 0 spiro atoms. The van der Waals surface area contributed by atoms with Crippen molar-refractivity contribution >= 4 is 68.8 Å². The van der Waals surface area contributed by atoms with E-state index in [1.54, 1.807) is 29.5 Å². The highest BCUT2D eigenvalue weighted by atomic mass is 35.5. The van der Waals surface area contributed by atoms with Gasteiger partial charge in [-0.2, -0.15) is 0 Å². The summed E-state index contributed by atoms with van der Waals surface area (Å²) in [5, 5.41) is 15.7. The van der Waals surface area contributed by atoms with Gasteiger partial charge in [0.1, 0.15) is 0 Å². The lowest BCUT2D eigenvalue weighted by Gasteiger charge is -2.24. The van der Waals surface area contributed by atoms with Gasteiger partial charge >= 0.3 is 5.97 Å². The fourth-order valence-corrected chi connectivity index (χ4v) is 6.02. The van der Waals surface area contributed by atoms with Crippen molar-refractivity contribution in [2.45, 2.75) is 49.9 Å². The summed E-state index contributed by atoms with van der Waals surface area (Å²) in [4.78, 5) is 30.1. The quantitative estimate of drug-likeness (QED) is 0.266. The Morgan fingerprint density at radius 2 is 1.72 bits per heavy atom. The number of halogens is 3. The van der Waals surface area contributed by atoms with Crippen molar-refractivity contribution in [3.8, 4) is 0 Å². The topological polar surface area (TPSA) is 82.5 Å². The van der Waals surface area contributed by atoms with E-state index in [9.17, 15) is 9.59 Å². The molecule has 1 aliphatic rings. The lowest BCUT2D eigenvalue weighted by Crippen LogP contribution is -2.26. The van der Waals surface area contributed by atoms with Crippen molar-refractivity contribution in [3.05, 3.63) is 74.7 Å². The minimum absolute atomic E-state index is 0.0745. The minimum atomic E-state index is -0.957. The zero-order valence-electron chi connectivity index (χ0n) is 19.4. The van der Waals surface area contributed by atoms with Crippen molar-refractivity contribution in [2.75, 3.05) is 11.4 Å². The molecule has 0 unspecified atom stereocenters. The molecule has 36 heavy (non-hydrogen) atoms. The van der Waals surface area contributed by atoms with E-state index in [4.69, 9.17) is 44.9 Å². The highest BCUT2D eigenvalue weighted by Gasteiger charge is 2.24. The first-order valence-electron chi connectivity index (χ1n) is 11.7. The summed E-state index contributed by atoms with van der Waals surface area (Å²) in [5.41, 5.74) is 3.33. The molecule has 1 heterocycles. The van der Waals surface area contributed by atoms with Gasteiger partial charge < -0.3 is 15.3 Å². The van der Waals surface area contributed by atoms with Gasteiger partial charge in [0.25, 0.3) is 5.91 Å². The van der Waals surface area contributed by atoms with Crippen LogP contribution >= 0.6 is 46.1 Å². The largest absolute Gasteiger partial charge is 0.481 e. The third-order valence-corrected chi connectivity index (χ3v) is 7.90. The number of amides is 1. The third kappa shape index (κ3) is 7.13. The van der Waals surface area contributed by atoms with Gasteiger partial charge in [-0.25, -0.2) is 4.98 Å². The molecule has 0 atom stereocenters. The van der Waals surface area contributed by atoms with Crippen LogP contribution in [0.5, 0.6) is 0 Å². The number of hydrogen-bond acceptors (Lipinski definition) is 5. The van der Waals surface area contributed by atoms with Crippen molar-refractivity contribution < 1.29 is 14.7 Å². The van der Waals surface area contributed by atoms with Crippen LogP contribution in [0.1, 0.15) is 59.6 Å². The number of thiazole rings is 1. The van der Waals surface area contributed by atoms with Crippen LogP contribution in [0.3, 0.4) is 0 Å². The molecular formula is C26H26Cl3N3O3S. The van der Waals surface area contributed by atoms with Crippen LogP contribution in [0.25, 0.3) is 0 Å². The van der Waals surface area contributed by atoms with Gasteiger partial charge in [0.05, 0.1) is 18.7 Å². The smallest absolute Gasteiger partial charge is 0.305 e. The lowest BCUT2D eigenvalue weighted by atomic mass is 9.87. The first-order chi connectivity index (χ1) is 17.3. The molecule has 0 saturated heterocycles. The number of carbonyl (C=O) groups is 2. The number of carbonyl (C=O) groups excluding carboxylic acids is 1. The third-order valence-electron chi connectivity index (χ3n) is 6.14. The van der Waals surface area contributed by atoms with Crippen LogP contribution in [0.2, 0.25) is 10.0 Å². The molecule has 2 aromatic carbocycles. The zero-order valence-corrected chi connectivity index (χ0v) is 22.5. The van der Waals surface area contributed by atoms with Gasteiger partial charge in [-0.15, -0.1) is 22.9 Å². The van der Waals surface area contributed by atoms with E-state index in [2.05, 4.69) is 15.6 Å². The maximum absolute atomic E-state index is 12.4. The summed E-state index contributed by atoms with van der Waals surface area (Å²) in [6.45, 7) is 0.566. The summed E-state index contributed by atoms with van der Waals surface area (Å²) in [5.74, 6) is -0.868. The second-order valence-electron chi connectivity index (χ2n) is 8.81. The number of nitrogens with one attached hydrogen (secondary N) is 1. The van der Waals surface area contributed by atoms with Crippen LogP contribution in [0, 0.1) is 0 Å². The number of carboxylic acid groups (broad SMARTS) is 1. The molecule has 1 fully saturated rings. The number of benzene rings is 2. The summed E-state index contributed by atoms with van der Waals surface area (Å²) in [7, 11) is 0. The van der Waals surface area contributed by atoms with Gasteiger partial charge in [-0.05, 0) is 73.7 Å². The Balaban J connectivity index is 1.58. The average molecular weight is 567 g/mol. The van der Waals surface area contributed by atoms with E-state index in [0.29, 0.717) is 28.1 Å². The zero-order chi connectivity index (χ0) is 25.7. The number of aliphatic carboxylic acids is 1. The van der Waals surface area contributed by atoms with Crippen molar-refractivity contribution in [2.24, 2.45) is 0 Å². The maximum Gasteiger partial charge on any atom is 0.305 e. The summed E-state index contributed by atoms with van der Waals surface area (Å²) < 4.78 is 0. The minimum Gasteiger partial charge on any atom is -0.481 e. The van der Waals surface area contributed by atoms with E-state index in [-0.39, 0.29) is 24.2 Å². The number of nitrogens with zero attached hydrogens (tertiary/aromatic N) is 2. The highest BCUT2D eigenvalue weighted by Crippen LogP contribution is 2.38. The van der Waals surface area contributed by atoms with Gasteiger partial charge in [0.15, 0.2) is 5.13 Å². The number of rotatable bonds is 9. The molecule has 190 valence electrons. The Morgan fingerprint density at radius 1 is 1.06 bits per heavy atom. The van der Waals surface area contributed by atoms with Crippen molar-refractivity contribution in [1.29, 1.82) is 0 Å². The molecule has 1 amide bonds. The van der Waals surface area contributed by atoms with Crippen molar-refractivity contribution in [1.82, 2.24) is 10.3 Å². The monoisotopic (exact) mass is 565 g/mol. The maximum atomic E-state index is 12.4. The van der Waals surface area contributed by atoms with E-state index in [0.717, 1.165) is 47.8 Å². The average Bonchev–Trinajstić information content (AvgIpc) is 3.32. The van der Waals surface area contributed by atoms with Gasteiger partial charge in [0.2, 0.25) is 0 Å². The standard InChI is InChI=1S/C26H26Cl3N3O3S/c27-19-5-1-17(2-6-19)23-15-36-26(31-23)32(14-16-11-20(28)13-21(29)12-16)22-7-3-18(4-8-22)25(35)30-10-9-24(33)34/h3-4,7-8,11-13,15,17,19H,1-2,5-6,9-10,14H2,(H,30,35)(H,33,34). The van der Waals surface area contributed by atoms with Crippen LogP contribution in [-0.4, -0.2) is 33.9 Å². The fraction of sp³-hybridized carbons (Fsp3) is 0.346. The second kappa shape index (κ2) is 12.3. The SMILES string of the molecule is O=C(O)CCNC(=O)c1ccc(N(Cc2cc(Cl)cc(Cl)c2)c2nc(C3CCC(Cl)CC3)cs2)cc1. The Morgan fingerprint density at radius 3 is 2.36 bits per heavy atom. The number of carboxylic acids is 1. The molecular weight excluding hydrogens is 541 g/mol. The molecule has 2 N–H and O–H groups in total. The Labute approximate surface area is 229 Å². The highest BCUT2D eigenvalue weighted by molar-refractivity contribution is 7.13. The summed E-state index contributed by atoms with van der Waals surface area (Å²) >= 11 is 20.4. The lowest BCUT2D eigenvalue weighted by molar-refractivity contribution is -0.136. The van der Waals surface area contributed by atoms with E-state index < -0.39 is 5.97 Å². The number of hydrogen-bond donors (Lipinski definition) is 2. The van der Waals surface area contributed by atoms with Crippen LogP contribution in [0.4, 0.5) is 10.8 Å². The molecule has 0 aliphatic heterocycles. The fourth-order valence-electron chi connectivity index (χ4n) is 4.27. The number of alkyl halides is 1. The molecule has 0 bridgehead atoms. The predicted molar refractivity (Wildman–Crippen MR) is 146 cm³/mol. The van der Waals surface area contributed by atoms with Crippen LogP contribution in [-0.2, 0) is 11.3 Å². The van der Waals surface area contributed by atoms with Crippen LogP contribution in [0.15, 0.2) is 47.8 Å².